The Balaban J connectivity index is 0.980. The zero-order valence-corrected chi connectivity index (χ0v) is 39.1. The summed E-state index contributed by atoms with van der Waals surface area (Å²) in [7, 11) is 0. The van der Waals surface area contributed by atoms with Crippen LogP contribution < -0.4 is 0 Å². The molecule has 330 valence electrons. The summed E-state index contributed by atoms with van der Waals surface area (Å²) in [4.78, 5) is 0. The van der Waals surface area contributed by atoms with Crippen molar-refractivity contribution in [3.63, 3.8) is 0 Å². The molecule has 1 aliphatic rings. The molecule has 14 rings (SSSR count). The molecule has 0 atom stereocenters. The second-order valence-corrected chi connectivity index (χ2v) is 19.1. The minimum absolute atomic E-state index is 0.612. The van der Waals surface area contributed by atoms with Gasteiger partial charge in [-0.05, 0) is 156 Å². The first-order chi connectivity index (χ1) is 35.2. The minimum atomic E-state index is -0.612. The van der Waals surface area contributed by atoms with Crippen LogP contribution in [0.15, 0.2) is 279 Å². The number of hydrogen-bond donors (Lipinski definition) is 0. The first kappa shape index (κ1) is 40.9. The van der Waals surface area contributed by atoms with Gasteiger partial charge in [-0.15, -0.1) is 0 Å². The van der Waals surface area contributed by atoms with Gasteiger partial charge in [0.1, 0.15) is 0 Å². The van der Waals surface area contributed by atoms with E-state index in [2.05, 4.69) is 279 Å². The van der Waals surface area contributed by atoms with Crippen LogP contribution in [0.4, 0.5) is 0 Å². The van der Waals surface area contributed by atoms with Crippen molar-refractivity contribution in [1.82, 2.24) is 0 Å². The van der Waals surface area contributed by atoms with Crippen LogP contribution in [-0.4, -0.2) is 0 Å². The predicted octanol–water partition coefficient (Wildman–Crippen LogP) is 19.0. The molecule has 13 aromatic carbocycles. The van der Waals surface area contributed by atoms with Crippen molar-refractivity contribution >= 4 is 43.1 Å². The standard InChI is InChI=1S/C71H46/c1-3-19-47(20-4-1)54-43-55(48-21-5-2-6-22-48)45-56(44-54)49-37-39-52(40-38-49)69-61-30-11-13-32-63(61)70(64-33-14-12-31-62(64)69)53-41-42-60-59-29-15-16-34-67(59)71(68(60)46-53,65-35-17-25-50-23-7-9-27-57(50)65)66-36-18-26-51-24-8-10-28-58(51)66/h1-46H. The van der Waals surface area contributed by atoms with Crippen LogP contribution in [0, 0.1) is 0 Å². The Morgan fingerprint density at radius 1 is 0.183 bits per heavy atom. The molecule has 0 N–H and O–H groups in total. The molecule has 0 spiro atoms. The summed E-state index contributed by atoms with van der Waals surface area (Å²) < 4.78 is 0. The molecule has 0 heteroatoms. The van der Waals surface area contributed by atoms with Gasteiger partial charge in [0.25, 0.3) is 0 Å². The van der Waals surface area contributed by atoms with E-state index in [0.29, 0.717) is 0 Å². The Bertz CT molecular complexity index is 3990. The van der Waals surface area contributed by atoms with E-state index in [4.69, 9.17) is 0 Å². The van der Waals surface area contributed by atoms with Crippen molar-refractivity contribution in [3.05, 3.63) is 301 Å². The van der Waals surface area contributed by atoms with Crippen LogP contribution in [0.25, 0.3) is 110 Å². The lowest BCUT2D eigenvalue weighted by atomic mass is 9.65. The van der Waals surface area contributed by atoms with Gasteiger partial charge in [-0.3, -0.25) is 0 Å². The zero-order chi connectivity index (χ0) is 46.9. The van der Waals surface area contributed by atoms with Crippen molar-refractivity contribution in [2.75, 3.05) is 0 Å². The molecule has 71 heavy (non-hydrogen) atoms. The fourth-order valence-corrected chi connectivity index (χ4v) is 12.2. The Hall–Kier alpha value is -9.10. The fraction of sp³-hybridized carbons (Fsp3) is 0.0141. The quantitative estimate of drug-likeness (QED) is 0.140. The molecule has 0 fully saturated rings. The molecule has 0 aromatic heterocycles. The third kappa shape index (κ3) is 6.46. The highest BCUT2D eigenvalue weighted by molar-refractivity contribution is 6.21. The first-order valence-electron chi connectivity index (χ1n) is 24.7. The van der Waals surface area contributed by atoms with Gasteiger partial charge in [0.05, 0.1) is 5.41 Å². The third-order valence-corrected chi connectivity index (χ3v) is 15.3. The van der Waals surface area contributed by atoms with Crippen molar-refractivity contribution in [1.29, 1.82) is 0 Å². The van der Waals surface area contributed by atoms with Crippen LogP contribution in [0.2, 0.25) is 0 Å². The zero-order valence-electron chi connectivity index (χ0n) is 39.1. The molecule has 0 amide bonds. The molecule has 0 saturated carbocycles. The fourth-order valence-electron chi connectivity index (χ4n) is 12.2. The lowest BCUT2D eigenvalue weighted by Crippen LogP contribution is -2.29. The Morgan fingerprint density at radius 3 is 1.06 bits per heavy atom. The van der Waals surface area contributed by atoms with Crippen LogP contribution in [0.5, 0.6) is 0 Å². The van der Waals surface area contributed by atoms with Crippen LogP contribution in [-0.2, 0) is 5.41 Å². The van der Waals surface area contributed by atoms with Crippen LogP contribution in [0.1, 0.15) is 22.3 Å². The molecule has 0 nitrogen and oxygen atoms in total. The monoisotopic (exact) mass is 898 g/mol. The maximum absolute atomic E-state index is 2.55. The summed E-state index contributed by atoms with van der Waals surface area (Å²) in [5, 5.41) is 9.98. The Kier molecular flexibility index (Phi) is 9.54. The summed E-state index contributed by atoms with van der Waals surface area (Å²) in [5.41, 5.74) is 19.3. The average Bonchev–Trinajstić information content (AvgIpc) is 3.74. The smallest absolute Gasteiger partial charge is 0.0622 e. The topological polar surface area (TPSA) is 0 Å². The van der Waals surface area contributed by atoms with Gasteiger partial charge in [-0.1, -0.05) is 255 Å². The molecular weight excluding hydrogens is 853 g/mol. The molecule has 0 heterocycles. The van der Waals surface area contributed by atoms with E-state index in [1.165, 1.54) is 132 Å². The molecule has 13 aromatic rings. The largest absolute Gasteiger partial charge is 0.0725 e. The van der Waals surface area contributed by atoms with Gasteiger partial charge < -0.3 is 0 Å². The van der Waals surface area contributed by atoms with Gasteiger partial charge >= 0.3 is 0 Å². The second kappa shape index (κ2) is 16.6. The van der Waals surface area contributed by atoms with E-state index in [0.717, 1.165) is 0 Å². The van der Waals surface area contributed by atoms with E-state index in [1.807, 2.05) is 0 Å². The molecule has 1 aliphatic carbocycles. The minimum Gasteiger partial charge on any atom is -0.0622 e. The Morgan fingerprint density at radius 2 is 0.535 bits per heavy atom. The van der Waals surface area contributed by atoms with Gasteiger partial charge in [0.2, 0.25) is 0 Å². The Labute approximate surface area is 414 Å². The van der Waals surface area contributed by atoms with Gasteiger partial charge in [0.15, 0.2) is 0 Å². The highest BCUT2D eigenvalue weighted by atomic mass is 14.5. The summed E-state index contributed by atoms with van der Waals surface area (Å²) in [6.07, 6.45) is 0. The van der Waals surface area contributed by atoms with E-state index in [-0.39, 0.29) is 0 Å². The summed E-state index contributed by atoms with van der Waals surface area (Å²) in [6, 6.07) is 104. The lowest BCUT2D eigenvalue weighted by Gasteiger charge is -2.36. The highest BCUT2D eigenvalue weighted by Gasteiger charge is 2.47. The van der Waals surface area contributed by atoms with Crippen LogP contribution in [0.3, 0.4) is 0 Å². The van der Waals surface area contributed by atoms with E-state index < -0.39 is 5.41 Å². The van der Waals surface area contributed by atoms with E-state index in [1.54, 1.807) is 0 Å². The number of hydrogen-bond acceptors (Lipinski definition) is 0. The third-order valence-electron chi connectivity index (χ3n) is 15.3. The van der Waals surface area contributed by atoms with Crippen molar-refractivity contribution in [2.24, 2.45) is 0 Å². The molecule has 0 saturated heterocycles. The second-order valence-electron chi connectivity index (χ2n) is 19.1. The molecule has 0 radical (unpaired) electrons. The molecular formula is C71H46. The van der Waals surface area contributed by atoms with Gasteiger partial charge in [-0.25, -0.2) is 0 Å². The first-order valence-corrected chi connectivity index (χ1v) is 24.7. The van der Waals surface area contributed by atoms with Gasteiger partial charge in [0, 0.05) is 0 Å². The van der Waals surface area contributed by atoms with Gasteiger partial charge in [-0.2, -0.15) is 0 Å². The van der Waals surface area contributed by atoms with Crippen molar-refractivity contribution in [2.45, 2.75) is 5.41 Å². The van der Waals surface area contributed by atoms with Crippen molar-refractivity contribution in [3.8, 4) is 66.8 Å². The van der Waals surface area contributed by atoms with E-state index in [9.17, 15) is 0 Å². The summed E-state index contributed by atoms with van der Waals surface area (Å²) in [6.45, 7) is 0. The van der Waals surface area contributed by atoms with Crippen LogP contribution >= 0.6 is 0 Å². The summed E-state index contributed by atoms with van der Waals surface area (Å²) in [5.74, 6) is 0. The lowest BCUT2D eigenvalue weighted by molar-refractivity contribution is 0.785. The SMILES string of the molecule is c1ccc(-c2cc(-c3ccccc3)cc(-c3ccc(-c4c5ccccc5c(-c5ccc6c(c5)C(c5cccc7ccccc57)(c5cccc7ccccc57)c5ccccc5-6)c5ccccc45)cc3)c2)cc1. The molecule has 0 aliphatic heterocycles. The predicted molar refractivity (Wildman–Crippen MR) is 301 cm³/mol. The maximum atomic E-state index is 2.55. The maximum Gasteiger partial charge on any atom is 0.0725 e. The molecule has 0 bridgehead atoms. The normalized spacial score (nSPS) is 12.6. The van der Waals surface area contributed by atoms with E-state index >= 15 is 0 Å². The summed E-state index contributed by atoms with van der Waals surface area (Å²) >= 11 is 0. The number of benzene rings is 13. The van der Waals surface area contributed by atoms with Crippen molar-refractivity contribution < 1.29 is 0 Å². The highest BCUT2D eigenvalue weighted by Crippen LogP contribution is 2.59. The number of rotatable bonds is 7. The average molecular weight is 899 g/mol. The number of fused-ring (bicyclic) bond motifs is 7. The molecule has 0 unspecified atom stereocenters.